The van der Waals surface area contributed by atoms with Crippen LogP contribution in [-0.2, 0) is 19.6 Å². The van der Waals surface area contributed by atoms with Crippen molar-refractivity contribution in [2.45, 2.75) is 40.4 Å². The van der Waals surface area contributed by atoms with Gasteiger partial charge in [-0.2, -0.15) is 0 Å². The number of benzene rings is 1. The molecule has 2 N–H and O–H groups in total. The number of guanidine groups is 1. The quantitative estimate of drug-likeness (QED) is 0.557. The van der Waals surface area contributed by atoms with Crippen LogP contribution in [0.5, 0.6) is 0 Å². The van der Waals surface area contributed by atoms with Gasteiger partial charge in [-0.25, -0.2) is 0 Å². The number of rotatable bonds is 8. The zero-order chi connectivity index (χ0) is 18.1. The molecule has 0 aliphatic carbocycles. The van der Waals surface area contributed by atoms with Crippen LogP contribution in [0.4, 0.5) is 0 Å². The van der Waals surface area contributed by atoms with E-state index < -0.39 is 0 Å². The largest absolute Gasteiger partial charge is 0.352 e. The first-order chi connectivity index (χ1) is 12.2. The molecule has 0 unspecified atom stereocenters. The number of hydrogen-bond acceptors (Lipinski definition) is 3. The highest BCUT2D eigenvalue weighted by molar-refractivity contribution is 7.10. The van der Waals surface area contributed by atoms with Crippen molar-refractivity contribution in [3.05, 3.63) is 57.3 Å². The van der Waals surface area contributed by atoms with Gasteiger partial charge in [0, 0.05) is 25.0 Å². The maximum absolute atomic E-state index is 4.32. The molecule has 1 aromatic heterocycles. The Kier molecular flexibility index (Phi) is 7.95. The Morgan fingerprint density at radius 2 is 1.80 bits per heavy atom. The second-order valence-electron chi connectivity index (χ2n) is 6.09. The summed E-state index contributed by atoms with van der Waals surface area (Å²) in [6.07, 6.45) is 0. The second-order valence-corrected chi connectivity index (χ2v) is 7.09. The average Bonchev–Trinajstić information content (AvgIpc) is 3.05. The number of hydrogen-bond donors (Lipinski definition) is 2. The first kappa shape index (κ1) is 19.5. The molecule has 1 heterocycles. The fraction of sp³-hybridized carbons (Fsp3) is 0.450. The highest BCUT2D eigenvalue weighted by Gasteiger charge is 2.04. The van der Waals surface area contributed by atoms with Crippen LogP contribution in [0, 0.1) is 6.92 Å². The summed E-state index contributed by atoms with van der Waals surface area (Å²) in [6, 6.07) is 10.9. The average molecular weight is 359 g/mol. The van der Waals surface area contributed by atoms with E-state index in [1.807, 2.05) is 7.05 Å². The van der Waals surface area contributed by atoms with E-state index in [0.717, 1.165) is 38.7 Å². The van der Waals surface area contributed by atoms with Crippen LogP contribution in [0.2, 0.25) is 0 Å². The smallest absolute Gasteiger partial charge is 0.191 e. The molecule has 2 aromatic rings. The molecule has 2 rings (SSSR count). The molecule has 0 spiro atoms. The fourth-order valence-corrected chi connectivity index (χ4v) is 3.54. The van der Waals surface area contributed by atoms with Crippen LogP contribution < -0.4 is 10.6 Å². The third kappa shape index (κ3) is 6.18. The Morgan fingerprint density at radius 1 is 1.08 bits per heavy atom. The molecule has 0 fully saturated rings. The van der Waals surface area contributed by atoms with Crippen molar-refractivity contribution in [1.29, 1.82) is 0 Å². The van der Waals surface area contributed by atoms with Gasteiger partial charge in [-0.15, -0.1) is 11.3 Å². The third-order valence-corrected chi connectivity index (χ3v) is 5.38. The molecule has 0 radical (unpaired) electrons. The van der Waals surface area contributed by atoms with Crippen molar-refractivity contribution in [3.63, 3.8) is 0 Å². The second kappa shape index (κ2) is 10.2. The van der Waals surface area contributed by atoms with Crippen LogP contribution in [0.3, 0.4) is 0 Å². The molecular formula is C20H30N4S. The topological polar surface area (TPSA) is 39.7 Å². The van der Waals surface area contributed by atoms with E-state index in [0.29, 0.717) is 0 Å². The normalized spacial score (nSPS) is 11.8. The van der Waals surface area contributed by atoms with Gasteiger partial charge in [-0.05, 0) is 48.2 Å². The zero-order valence-corrected chi connectivity index (χ0v) is 16.6. The summed E-state index contributed by atoms with van der Waals surface area (Å²) in [6.45, 7) is 11.3. The van der Waals surface area contributed by atoms with Crippen LogP contribution in [0.1, 0.15) is 35.4 Å². The standard InChI is InChI=1S/C20H30N4S/c1-5-24(6-2)15-18-9-7-8-17(12-18)13-22-20(21-4)23-14-19-16(3)10-11-25-19/h7-12H,5-6,13-15H2,1-4H3,(H2,21,22,23). The minimum Gasteiger partial charge on any atom is -0.352 e. The molecule has 0 atom stereocenters. The maximum atomic E-state index is 4.32. The number of aryl methyl sites for hydroxylation is 1. The number of nitrogens with zero attached hydrogens (tertiary/aromatic N) is 2. The summed E-state index contributed by atoms with van der Waals surface area (Å²) >= 11 is 1.78. The number of aliphatic imine (C=N–C) groups is 1. The van der Waals surface area contributed by atoms with Gasteiger partial charge in [0.25, 0.3) is 0 Å². The van der Waals surface area contributed by atoms with Crippen molar-refractivity contribution >= 4 is 17.3 Å². The van der Waals surface area contributed by atoms with Crippen molar-refractivity contribution in [3.8, 4) is 0 Å². The summed E-state index contributed by atoms with van der Waals surface area (Å²) in [4.78, 5) is 8.10. The first-order valence-electron chi connectivity index (χ1n) is 8.93. The van der Waals surface area contributed by atoms with Crippen molar-refractivity contribution < 1.29 is 0 Å². The van der Waals surface area contributed by atoms with Crippen molar-refractivity contribution in [1.82, 2.24) is 15.5 Å². The van der Waals surface area contributed by atoms with Gasteiger partial charge in [-0.1, -0.05) is 38.1 Å². The molecule has 25 heavy (non-hydrogen) atoms. The van der Waals surface area contributed by atoms with Crippen LogP contribution in [0.15, 0.2) is 40.7 Å². The van der Waals surface area contributed by atoms with Crippen LogP contribution >= 0.6 is 11.3 Å². The van der Waals surface area contributed by atoms with E-state index in [1.165, 1.54) is 21.6 Å². The molecule has 0 bridgehead atoms. The zero-order valence-electron chi connectivity index (χ0n) is 15.8. The Balaban J connectivity index is 1.87. The van der Waals surface area contributed by atoms with Crippen molar-refractivity contribution in [2.24, 2.45) is 4.99 Å². The van der Waals surface area contributed by atoms with Gasteiger partial charge in [0.05, 0.1) is 6.54 Å². The lowest BCUT2D eigenvalue weighted by atomic mass is 10.1. The highest BCUT2D eigenvalue weighted by Crippen LogP contribution is 2.14. The minimum absolute atomic E-state index is 0.773. The molecule has 0 aliphatic heterocycles. The lowest BCUT2D eigenvalue weighted by Gasteiger charge is -2.18. The summed E-state index contributed by atoms with van der Waals surface area (Å²) in [5, 5.41) is 8.92. The fourth-order valence-electron chi connectivity index (χ4n) is 2.70. The lowest BCUT2D eigenvalue weighted by molar-refractivity contribution is 0.296. The molecular weight excluding hydrogens is 328 g/mol. The summed E-state index contributed by atoms with van der Waals surface area (Å²) in [5.74, 6) is 0.835. The van der Waals surface area contributed by atoms with Gasteiger partial charge in [-0.3, -0.25) is 9.89 Å². The minimum atomic E-state index is 0.773. The van der Waals surface area contributed by atoms with Gasteiger partial charge < -0.3 is 10.6 Å². The SMILES string of the molecule is CCN(CC)Cc1cccc(CNC(=NC)NCc2sccc2C)c1. The van der Waals surface area contributed by atoms with E-state index in [4.69, 9.17) is 0 Å². The van der Waals surface area contributed by atoms with Gasteiger partial charge >= 0.3 is 0 Å². The van der Waals surface area contributed by atoms with E-state index in [9.17, 15) is 0 Å². The third-order valence-electron chi connectivity index (χ3n) is 4.36. The van der Waals surface area contributed by atoms with Gasteiger partial charge in [0.2, 0.25) is 0 Å². The molecule has 0 saturated heterocycles. The van der Waals surface area contributed by atoms with E-state index in [2.05, 4.69) is 77.0 Å². The molecule has 136 valence electrons. The molecule has 1 aromatic carbocycles. The molecule has 5 heteroatoms. The van der Waals surface area contributed by atoms with E-state index in [-0.39, 0.29) is 0 Å². The Morgan fingerprint density at radius 3 is 2.44 bits per heavy atom. The molecule has 4 nitrogen and oxygen atoms in total. The summed E-state index contributed by atoms with van der Waals surface area (Å²) in [7, 11) is 1.81. The van der Waals surface area contributed by atoms with E-state index in [1.54, 1.807) is 11.3 Å². The maximum Gasteiger partial charge on any atom is 0.191 e. The monoisotopic (exact) mass is 358 g/mol. The predicted molar refractivity (Wildman–Crippen MR) is 109 cm³/mol. The van der Waals surface area contributed by atoms with Crippen molar-refractivity contribution in [2.75, 3.05) is 20.1 Å². The van der Waals surface area contributed by atoms with Gasteiger partial charge in [0.1, 0.15) is 0 Å². The van der Waals surface area contributed by atoms with Gasteiger partial charge in [0.15, 0.2) is 5.96 Å². The molecule has 0 aliphatic rings. The molecule has 0 amide bonds. The Hall–Kier alpha value is -1.85. The summed E-state index contributed by atoms with van der Waals surface area (Å²) in [5.41, 5.74) is 3.97. The Labute approximate surface area is 156 Å². The van der Waals surface area contributed by atoms with Crippen LogP contribution in [0.25, 0.3) is 0 Å². The number of nitrogens with one attached hydrogen (secondary N) is 2. The van der Waals surface area contributed by atoms with E-state index >= 15 is 0 Å². The number of thiophene rings is 1. The first-order valence-corrected chi connectivity index (χ1v) is 9.81. The Bertz CT molecular complexity index is 674. The summed E-state index contributed by atoms with van der Waals surface area (Å²) < 4.78 is 0. The molecule has 0 saturated carbocycles. The predicted octanol–water partition coefficient (Wildman–Crippen LogP) is 3.76. The highest BCUT2D eigenvalue weighted by atomic mass is 32.1. The van der Waals surface area contributed by atoms with Crippen LogP contribution in [-0.4, -0.2) is 31.0 Å². The lowest BCUT2D eigenvalue weighted by Crippen LogP contribution is -2.36.